The molecular weight excluding hydrogens is 250 g/mol. The van der Waals surface area contributed by atoms with E-state index in [9.17, 15) is 9.90 Å². The summed E-state index contributed by atoms with van der Waals surface area (Å²) in [5.74, 6) is -0.636. The Morgan fingerprint density at radius 1 is 1.26 bits per heavy atom. The number of nitrogens with one attached hydrogen (secondary N) is 1. The second kappa shape index (κ2) is 6.65. The van der Waals surface area contributed by atoms with E-state index in [2.05, 4.69) is 5.32 Å². The summed E-state index contributed by atoms with van der Waals surface area (Å²) in [7, 11) is 0. The quantitative estimate of drug-likeness (QED) is 0.708. The monoisotopic (exact) mass is 275 g/mol. The van der Waals surface area contributed by atoms with Gasteiger partial charge in [0, 0.05) is 6.54 Å². The minimum absolute atomic E-state index is 0.0311. The van der Waals surface area contributed by atoms with Crippen molar-refractivity contribution >= 4 is 5.97 Å². The number of hydrogen-bond acceptors (Lipinski definition) is 6. The predicted molar refractivity (Wildman–Crippen MR) is 69.9 cm³/mol. The zero-order valence-electron chi connectivity index (χ0n) is 12.2. The maximum absolute atomic E-state index is 11.8. The zero-order valence-corrected chi connectivity index (χ0v) is 12.2. The lowest BCUT2D eigenvalue weighted by Crippen LogP contribution is -2.51. The molecule has 1 fully saturated rings. The van der Waals surface area contributed by atoms with Crippen molar-refractivity contribution in [3.8, 4) is 0 Å². The Balaban J connectivity index is 2.42. The summed E-state index contributed by atoms with van der Waals surface area (Å²) in [6, 6.07) is -0.0311. The highest BCUT2D eigenvalue weighted by Crippen LogP contribution is 2.14. The first kappa shape index (κ1) is 16.4. The summed E-state index contributed by atoms with van der Waals surface area (Å²) >= 11 is 0. The largest absolute Gasteiger partial charge is 0.458 e. The Bertz CT molecular complexity index is 290. The maximum Gasteiger partial charge on any atom is 0.339 e. The van der Waals surface area contributed by atoms with Gasteiger partial charge in [-0.1, -0.05) is 0 Å². The lowest BCUT2D eigenvalue weighted by atomic mass is 10.1. The third-order valence-corrected chi connectivity index (χ3v) is 2.58. The molecule has 0 radical (unpaired) electrons. The lowest BCUT2D eigenvalue weighted by Gasteiger charge is -2.28. The van der Waals surface area contributed by atoms with Crippen LogP contribution in [0.2, 0.25) is 0 Å². The summed E-state index contributed by atoms with van der Waals surface area (Å²) in [5, 5.41) is 13.2. The van der Waals surface area contributed by atoms with E-state index in [0.29, 0.717) is 26.4 Å². The number of hydrogen-bond donors (Lipinski definition) is 2. The summed E-state index contributed by atoms with van der Waals surface area (Å²) in [5.41, 5.74) is -2.19. The fraction of sp³-hybridized carbons (Fsp3) is 0.923. The van der Waals surface area contributed by atoms with Crippen LogP contribution in [0.15, 0.2) is 0 Å². The smallest absolute Gasteiger partial charge is 0.339 e. The first-order chi connectivity index (χ1) is 8.71. The van der Waals surface area contributed by atoms with Crippen molar-refractivity contribution in [3.63, 3.8) is 0 Å². The Labute approximate surface area is 114 Å². The molecule has 0 saturated carbocycles. The van der Waals surface area contributed by atoms with Crippen molar-refractivity contribution < 1.29 is 24.1 Å². The Hall–Kier alpha value is -0.690. The summed E-state index contributed by atoms with van der Waals surface area (Å²) < 4.78 is 15.8. The molecule has 1 atom stereocenters. The van der Waals surface area contributed by atoms with Crippen molar-refractivity contribution in [1.82, 2.24) is 5.32 Å². The molecule has 0 spiro atoms. The average molecular weight is 275 g/mol. The van der Waals surface area contributed by atoms with Crippen LogP contribution < -0.4 is 5.32 Å². The second-order valence-corrected chi connectivity index (χ2v) is 6.00. The van der Waals surface area contributed by atoms with Crippen LogP contribution in [0.1, 0.15) is 27.7 Å². The van der Waals surface area contributed by atoms with E-state index < -0.39 is 17.2 Å². The molecule has 0 bridgehead atoms. The van der Waals surface area contributed by atoms with E-state index in [-0.39, 0.29) is 12.6 Å². The number of ether oxygens (including phenoxy) is 3. The lowest BCUT2D eigenvalue weighted by molar-refractivity contribution is -0.175. The number of rotatable bonds is 4. The van der Waals surface area contributed by atoms with Crippen LogP contribution in [0.4, 0.5) is 0 Å². The van der Waals surface area contributed by atoms with E-state index in [1.54, 1.807) is 20.8 Å². The standard InChI is InChI=1S/C13H25NO5/c1-12(2,3)19-11(15)13(4,16)9-14-10-7-17-5-6-18-8-10/h10,14,16H,5-9H2,1-4H3. The van der Waals surface area contributed by atoms with E-state index in [1.165, 1.54) is 6.92 Å². The van der Waals surface area contributed by atoms with Crippen molar-refractivity contribution in [2.24, 2.45) is 0 Å². The summed E-state index contributed by atoms with van der Waals surface area (Å²) in [6.45, 7) is 8.98. The molecule has 2 N–H and O–H groups in total. The molecule has 1 aliphatic rings. The third-order valence-electron chi connectivity index (χ3n) is 2.58. The van der Waals surface area contributed by atoms with Crippen LogP contribution in [0, 0.1) is 0 Å². The van der Waals surface area contributed by atoms with E-state index in [0.717, 1.165) is 0 Å². The van der Waals surface area contributed by atoms with Gasteiger partial charge in [0.1, 0.15) is 5.60 Å². The number of carbonyl (C=O) groups is 1. The summed E-state index contributed by atoms with van der Waals surface area (Å²) in [6.07, 6.45) is 0. The average Bonchev–Trinajstić information content (AvgIpc) is 2.52. The van der Waals surface area contributed by atoms with Gasteiger partial charge in [0.25, 0.3) is 0 Å². The highest BCUT2D eigenvalue weighted by atomic mass is 16.6. The van der Waals surface area contributed by atoms with Gasteiger partial charge in [-0.2, -0.15) is 0 Å². The molecule has 19 heavy (non-hydrogen) atoms. The predicted octanol–water partition coefficient (Wildman–Crippen LogP) is 0.0841. The molecule has 6 nitrogen and oxygen atoms in total. The highest BCUT2D eigenvalue weighted by molar-refractivity contribution is 5.79. The van der Waals surface area contributed by atoms with Gasteiger partial charge in [-0.15, -0.1) is 0 Å². The summed E-state index contributed by atoms with van der Waals surface area (Å²) in [4.78, 5) is 11.8. The molecule has 1 unspecified atom stereocenters. The van der Waals surface area contributed by atoms with Crippen LogP contribution in [0.25, 0.3) is 0 Å². The highest BCUT2D eigenvalue weighted by Gasteiger charge is 2.35. The zero-order chi connectivity index (χ0) is 14.5. The Kier molecular flexibility index (Phi) is 5.73. The topological polar surface area (TPSA) is 77.0 Å². The number of aliphatic hydroxyl groups is 1. The second-order valence-electron chi connectivity index (χ2n) is 6.00. The van der Waals surface area contributed by atoms with Crippen molar-refractivity contribution in [1.29, 1.82) is 0 Å². The molecular formula is C13H25NO5. The number of esters is 1. The fourth-order valence-electron chi connectivity index (χ4n) is 1.54. The first-order valence-electron chi connectivity index (χ1n) is 6.55. The van der Waals surface area contributed by atoms with E-state index in [4.69, 9.17) is 14.2 Å². The molecule has 1 aliphatic heterocycles. The molecule has 0 aromatic carbocycles. The van der Waals surface area contributed by atoms with Crippen LogP contribution in [-0.2, 0) is 19.0 Å². The van der Waals surface area contributed by atoms with E-state index in [1.807, 2.05) is 0 Å². The van der Waals surface area contributed by atoms with Gasteiger partial charge in [-0.3, -0.25) is 0 Å². The Morgan fingerprint density at radius 3 is 2.26 bits per heavy atom. The van der Waals surface area contributed by atoms with Gasteiger partial charge in [-0.25, -0.2) is 4.79 Å². The maximum atomic E-state index is 11.8. The number of carbonyl (C=O) groups excluding carboxylic acids is 1. The van der Waals surface area contributed by atoms with Crippen LogP contribution in [0.5, 0.6) is 0 Å². The third kappa shape index (κ3) is 6.33. The molecule has 0 aromatic rings. The minimum Gasteiger partial charge on any atom is -0.458 e. The van der Waals surface area contributed by atoms with Crippen molar-refractivity contribution in [2.45, 2.75) is 44.9 Å². The normalized spacial score (nSPS) is 21.5. The molecule has 0 aliphatic carbocycles. The van der Waals surface area contributed by atoms with Crippen molar-refractivity contribution in [2.75, 3.05) is 33.0 Å². The Morgan fingerprint density at radius 2 is 1.79 bits per heavy atom. The van der Waals surface area contributed by atoms with Gasteiger partial charge in [0.2, 0.25) is 0 Å². The minimum atomic E-state index is -1.57. The van der Waals surface area contributed by atoms with Gasteiger partial charge >= 0.3 is 5.97 Å². The molecule has 1 saturated heterocycles. The van der Waals surface area contributed by atoms with Crippen LogP contribution in [0.3, 0.4) is 0 Å². The molecule has 112 valence electrons. The van der Waals surface area contributed by atoms with Gasteiger partial charge in [0.15, 0.2) is 5.60 Å². The van der Waals surface area contributed by atoms with Crippen molar-refractivity contribution in [3.05, 3.63) is 0 Å². The van der Waals surface area contributed by atoms with Gasteiger partial charge < -0.3 is 24.6 Å². The molecule has 0 aromatic heterocycles. The SMILES string of the molecule is CC(C)(C)OC(=O)C(C)(O)CNC1COCCOC1. The van der Waals surface area contributed by atoms with Gasteiger partial charge in [0.05, 0.1) is 32.5 Å². The van der Waals surface area contributed by atoms with Crippen LogP contribution >= 0.6 is 0 Å². The fourth-order valence-corrected chi connectivity index (χ4v) is 1.54. The van der Waals surface area contributed by atoms with E-state index >= 15 is 0 Å². The molecule has 1 rings (SSSR count). The van der Waals surface area contributed by atoms with Crippen LogP contribution in [-0.4, -0.2) is 61.3 Å². The molecule has 0 amide bonds. The van der Waals surface area contributed by atoms with Gasteiger partial charge in [-0.05, 0) is 27.7 Å². The molecule has 6 heteroatoms. The molecule has 1 heterocycles. The first-order valence-corrected chi connectivity index (χ1v) is 6.55.